The van der Waals surface area contributed by atoms with Crippen LogP contribution in [-0.4, -0.2) is 26.2 Å². The van der Waals surface area contributed by atoms with Crippen LogP contribution in [0.1, 0.15) is 51.2 Å². The van der Waals surface area contributed by atoms with E-state index in [1.165, 1.54) is 5.56 Å². The van der Waals surface area contributed by atoms with Crippen LogP contribution >= 0.6 is 0 Å². The number of benzene rings is 2. The Labute approximate surface area is 174 Å². The van der Waals surface area contributed by atoms with Crippen LogP contribution in [0.5, 0.6) is 5.75 Å². The Morgan fingerprint density at radius 1 is 1.10 bits per heavy atom. The molecule has 2 aromatic rings. The van der Waals surface area contributed by atoms with Gasteiger partial charge >= 0.3 is 5.97 Å². The Hall–Kier alpha value is -2.59. The Bertz CT molecular complexity index is 827. The standard InChI is InChI=1S/C25H33NO3/c1-5-8-14-29-24-17-19(15-21(6-2)25(27)28-7-3)12-13-23(24)22-11-9-10-20(16-22)18-26-4/h9-13,15-17,26H,5-8,14,18H2,1-4H3. The van der Waals surface area contributed by atoms with Gasteiger partial charge in [0, 0.05) is 17.7 Å². The smallest absolute Gasteiger partial charge is 0.333 e. The lowest BCUT2D eigenvalue weighted by atomic mass is 9.99. The van der Waals surface area contributed by atoms with Crippen LogP contribution < -0.4 is 10.1 Å². The number of carbonyl (C=O) groups excluding carboxylic acids is 1. The topological polar surface area (TPSA) is 47.6 Å². The number of hydrogen-bond acceptors (Lipinski definition) is 4. The molecule has 156 valence electrons. The molecule has 0 saturated heterocycles. The van der Waals surface area contributed by atoms with Crippen molar-refractivity contribution in [2.24, 2.45) is 0 Å². The van der Waals surface area contributed by atoms with E-state index in [1.54, 1.807) is 0 Å². The third-order valence-corrected chi connectivity index (χ3v) is 4.64. The van der Waals surface area contributed by atoms with Crippen molar-refractivity contribution in [1.29, 1.82) is 0 Å². The lowest BCUT2D eigenvalue weighted by molar-refractivity contribution is -0.138. The van der Waals surface area contributed by atoms with Gasteiger partial charge in [-0.2, -0.15) is 0 Å². The minimum absolute atomic E-state index is 0.257. The van der Waals surface area contributed by atoms with Crippen molar-refractivity contribution in [1.82, 2.24) is 5.32 Å². The molecule has 0 heterocycles. The highest BCUT2D eigenvalue weighted by Crippen LogP contribution is 2.32. The van der Waals surface area contributed by atoms with E-state index in [2.05, 4.69) is 42.6 Å². The summed E-state index contributed by atoms with van der Waals surface area (Å²) in [7, 11) is 1.95. The average molecular weight is 396 g/mol. The molecule has 0 aromatic heterocycles. The predicted molar refractivity (Wildman–Crippen MR) is 120 cm³/mol. The number of carbonyl (C=O) groups is 1. The summed E-state index contributed by atoms with van der Waals surface area (Å²) in [5.74, 6) is 0.584. The van der Waals surface area contributed by atoms with Gasteiger partial charge in [0.2, 0.25) is 0 Å². The molecule has 0 aliphatic carbocycles. The Morgan fingerprint density at radius 2 is 1.93 bits per heavy atom. The van der Waals surface area contributed by atoms with Crippen LogP contribution in [-0.2, 0) is 16.1 Å². The normalized spacial score (nSPS) is 11.4. The summed E-state index contributed by atoms with van der Waals surface area (Å²) in [6.07, 6.45) is 4.60. The van der Waals surface area contributed by atoms with Crippen molar-refractivity contribution in [2.75, 3.05) is 20.3 Å². The highest BCUT2D eigenvalue weighted by atomic mass is 16.5. The first-order chi connectivity index (χ1) is 14.1. The fraction of sp³-hybridized carbons (Fsp3) is 0.400. The van der Waals surface area contributed by atoms with E-state index in [1.807, 2.05) is 39.1 Å². The third-order valence-electron chi connectivity index (χ3n) is 4.64. The number of ether oxygens (including phenoxy) is 2. The Kier molecular flexibility index (Phi) is 9.45. The highest BCUT2D eigenvalue weighted by molar-refractivity contribution is 5.93. The number of nitrogens with one attached hydrogen (secondary N) is 1. The van der Waals surface area contributed by atoms with Gasteiger partial charge in [-0.1, -0.05) is 50.6 Å². The second-order valence-electron chi connectivity index (χ2n) is 6.93. The maximum atomic E-state index is 12.1. The molecule has 2 rings (SSSR count). The van der Waals surface area contributed by atoms with Crippen molar-refractivity contribution in [2.45, 2.75) is 46.6 Å². The van der Waals surface area contributed by atoms with Gasteiger partial charge in [-0.05, 0) is 61.7 Å². The molecule has 0 spiro atoms. The van der Waals surface area contributed by atoms with E-state index < -0.39 is 0 Å². The van der Waals surface area contributed by atoms with E-state index >= 15 is 0 Å². The molecule has 0 fully saturated rings. The molecule has 0 saturated carbocycles. The van der Waals surface area contributed by atoms with Crippen LogP contribution in [0.3, 0.4) is 0 Å². The fourth-order valence-corrected chi connectivity index (χ4v) is 3.10. The summed E-state index contributed by atoms with van der Waals surface area (Å²) in [5, 5.41) is 3.19. The maximum Gasteiger partial charge on any atom is 0.333 e. The third kappa shape index (κ3) is 6.75. The van der Waals surface area contributed by atoms with Gasteiger partial charge < -0.3 is 14.8 Å². The zero-order chi connectivity index (χ0) is 21.1. The molecule has 4 nitrogen and oxygen atoms in total. The molecule has 4 heteroatoms. The predicted octanol–water partition coefficient (Wildman–Crippen LogP) is 5.61. The summed E-state index contributed by atoms with van der Waals surface area (Å²) in [4.78, 5) is 12.1. The van der Waals surface area contributed by atoms with Crippen molar-refractivity contribution in [3.05, 3.63) is 59.2 Å². The first kappa shape index (κ1) is 22.7. The molecule has 29 heavy (non-hydrogen) atoms. The van der Waals surface area contributed by atoms with Crippen LogP contribution in [0, 0.1) is 0 Å². The molecule has 1 N–H and O–H groups in total. The first-order valence-corrected chi connectivity index (χ1v) is 10.5. The van der Waals surface area contributed by atoms with Gasteiger partial charge in [-0.25, -0.2) is 4.79 Å². The van der Waals surface area contributed by atoms with Crippen molar-refractivity contribution in [3.8, 4) is 16.9 Å². The number of rotatable bonds is 11. The molecule has 0 amide bonds. The van der Waals surface area contributed by atoms with E-state index in [4.69, 9.17) is 9.47 Å². The van der Waals surface area contributed by atoms with Crippen molar-refractivity contribution in [3.63, 3.8) is 0 Å². The summed E-state index contributed by atoms with van der Waals surface area (Å²) in [5.41, 5.74) is 5.02. The van der Waals surface area contributed by atoms with Crippen LogP contribution in [0.4, 0.5) is 0 Å². The molecule has 0 aliphatic rings. The zero-order valence-electron chi connectivity index (χ0n) is 18.1. The summed E-state index contributed by atoms with van der Waals surface area (Å²) in [6, 6.07) is 14.6. The molecule has 2 aromatic carbocycles. The first-order valence-electron chi connectivity index (χ1n) is 10.5. The number of esters is 1. The molecule has 0 unspecified atom stereocenters. The molecule has 0 radical (unpaired) electrons. The Morgan fingerprint density at radius 3 is 2.62 bits per heavy atom. The molecule has 0 bridgehead atoms. The Balaban J connectivity index is 2.42. The lowest BCUT2D eigenvalue weighted by Crippen LogP contribution is -2.07. The van der Waals surface area contributed by atoms with Gasteiger partial charge in [0.05, 0.1) is 13.2 Å². The molecule has 0 aliphatic heterocycles. The zero-order valence-corrected chi connectivity index (χ0v) is 18.1. The number of unbranched alkanes of at least 4 members (excludes halogenated alkanes) is 1. The summed E-state index contributed by atoms with van der Waals surface area (Å²) in [6.45, 7) is 7.80. The van der Waals surface area contributed by atoms with Gasteiger partial charge in [0.25, 0.3) is 0 Å². The quantitative estimate of drug-likeness (QED) is 0.305. The van der Waals surface area contributed by atoms with Crippen LogP contribution in [0.25, 0.3) is 17.2 Å². The highest BCUT2D eigenvalue weighted by Gasteiger charge is 2.11. The molecular formula is C25H33NO3. The monoisotopic (exact) mass is 395 g/mol. The SMILES string of the molecule is CCCCOc1cc(C=C(CC)C(=O)OCC)ccc1-c1cccc(CNC)c1. The van der Waals surface area contributed by atoms with Gasteiger partial charge in [-0.3, -0.25) is 0 Å². The summed E-state index contributed by atoms with van der Waals surface area (Å²) >= 11 is 0. The van der Waals surface area contributed by atoms with Crippen molar-refractivity contribution < 1.29 is 14.3 Å². The summed E-state index contributed by atoms with van der Waals surface area (Å²) < 4.78 is 11.3. The second-order valence-corrected chi connectivity index (χ2v) is 6.93. The van der Waals surface area contributed by atoms with Crippen molar-refractivity contribution >= 4 is 12.0 Å². The van der Waals surface area contributed by atoms with Crippen LogP contribution in [0.2, 0.25) is 0 Å². The van der Waals surface area contributed by atoms with E-state index in [-0.39, 0.29) is 5.97 Å². The largest absolute Gasteiger partial charge is 0.493 e. The number of hydrogen-bond donors (Lipinski definition) is 1. The lowest BCUT2D eigenvalue weighted by Gasteiger charge is -2.14. The molecular weight excluding hydrogens is 362 g/mol. The van der Waals surface area contributed by atoms with E-state index in [0.29, 0.717) is 25.2 Å². The average Bonchev–Trinajstić information content (AvgIpc) is 2.73. The maximum absolute atomic E-state index is 12.1. The minimum Gasteiger partial charge on any atom is -0.493 e. The van der Waals surface area contributed by atoms with Gasteiger partial charge in [0.1, 0.15) is 5.75 Å². The minimum atomic E-state index is -0.257. The van der Waals surface area contributed by atoms with E-state index in [9.17, 15) is 4.79 Å². The molecule has 0 atom stereocenters. The van der Waals surface area contributed by atoms with Crippen LogP contribution in [0.15, 0.2) is 48.0 Å². The second kappa shape index (κ2) is 12.1. The van der Waals surface area contributed by atoms with Gasteiger partial charge in [-0.15, -0.1) is 0 Å². The van der Waals surface area contributed by atoms with Gasteiger partial charge in [0.15, 0.2) is 0 Å². The van der Waals surface area contributed by atoms with E-state index in [0.717, 1.165) is 41.8 Å². The fourth-order valence-electron chi connectivity index (χ4n) is 3.10.